The molecule has 0 aliphatic carbocycles. The van der Waals surface area contributed by atoms with E-state index in [1.165, 1.54) is 57.8 Å². The summed E-state index contributed by atoms with van der Waals surface area (Å²) in [5, 5.41) is 34.2. The summed E-state index contributed by atoms with van der Waals surface area (Å²) in [4.78, 5) is 22.1. The lowest BCUT2D eigenvalue weighted by Crippen LogP contribution is -2.40. The zero-order valence-electron chi connectivity index (χ0n) is 31.2. The van der Waals surface area contributed by atoms with E-state index in [0.29, 0.717) is 12.5 Å². The molecule has 1 amide bonds. The van der Waals surface area contributed by atoms with Gasteiger partial charge in [0.05, 0.1) is 24.7 Å². The van der Waals surface area contributed by atoms with Crippen LogP contribution < -0.4 is 5.73 Å². The molecule has 0 aromatic rings. The Balaban J connectivity index is -0.000000432. The van der Waals surface area contributed by atoms with Crippen LogP contribution in [0.5, 0.6) is 0 Å². The number of esters is 1. The van der Waals surface area contributed by atoms with Crippen molar-refractivity contribution in [1.29, 1.82) is 0 Å². The molecule has 0 spiro atoms. The molecule has 1 fully saturated rings. The van der Waals surface area contributed by atoms with Gasteiger partial charge in [-0.05, 0) is 38.0 Å². The number of rotatable bonds is 19. The highest BCUT2D eigenvalue weighted by atomic mass is 16.6. The van der Waals surface area contributed by atoms with Crippen molar-refractivity contribution < 1.29 is 39.5 Å². The maximum absolute atomic E-state index is 11.3. The summed E-state index contributed by atoms with van der Waals surface area (Å²) in [5.41, 5.74) is 5.28. The van der Waals surface area contributed by atoms with E-state index in [9.17, 15) is 19.8 Å². The van der Waals surface area contributed by atoms with E-state index in [1.807, 2.05) is 27.7 Å². The Hall–Kier alpha value is -1.42. The van der Waals surface area contributed by atoms with Crippen molar-refractivity contribution in [2.24, 2.45) is 35.3 Å². The van der Waals surface area contributed by atoms with E-state index >= 15 is 0 Å². The number of ether oxygens (including phenoxy) is 2. The van der Waals surface area contributed by atoms with Crippen LogP contribution in [0.3, 0.4) is 0 Å². The van der Waals surface area contributed by atoms with Gasteiger partial charge in [0.25, 0.3) is 0 Å². The minimum absolute atomic E-state index is 0.0766. The number of cyclic esters (lactones) is 1. The fourth-order valence-corrected chi connectivity index (χ4v) is 5.53. The lowest BCUT2D eigenvalue weighted by Gasteiger charge is -2.32. The molecule has 1 saturated heterocycles. The van der Waals surface area contributed by atoms with Crippen LogP contribution in [0.25, 0.3) is 0 Å². The van der Waals surface area contributed by atoms with Gasteiger partial charge in [-0.1, -0.05) is 126 Å². The zero-order chi connectivity index (χ0) is 35.8. The first-order valence-electron chi connectivity index (χ1n) is 17.9. The van der Waals surface area contributed by atoms with Crippen molar-refractivity contribution in [3.8, 4) is 0 Å². The van der Waals surface area contributed by atoms with Crippen molar-refractivity contribution in [2.45, 2.75) is 171 Å². The molecule has 1 aliphatic rings. The molecule has 45 heavy (non-hydrogen) atoms. The van der Waals surface area contributed by atoms with Crippen molar-refractivity contribution in [1.82, 2.24) is 0 Å². The van der Waals surface area contributed by atoms with Crippen molar-refractivity contribution in [2.75, 3.05) is 20.8 Å². The van der Waals surface area contributed by atoms with Crippen LogP contribution in [0.2, 0.25) is 0 Å². The molecule has 0 aromatic heterocycles. The maximum Gasteiger partial charge on any atom is 0.404 e. The number of unbranched alkanes of at least 4 members (excludes halogenated alkanes) is 8. The van der Waals surface area contributed by atoms with Gasteiger partial charge in [-0.3, -0.25) is 4.79 Å². The SMILES string of the molecule is CC.CC1COC(=O)C(C)C1O.CCCCCCCCCC(CC)CC(C)C(O)C(C)C(CCCCC)OC(N)=O.CO.CO. The number of carbonyl (C=O) groups is 2. The Morgan fingerprint density at radius 3 is 1.82 bits per heavy atom. The van der Waals surface area contributed by atoms with Gasteiger partial charge in [0, 0.05) is 26.1 Å². The van der Waals surface area contributed by atoms with Gasteiger partial charge >= 0.3 is 12.1 Å². The second kappa shape index (κ2) is 35.4. The molecule has 9 nitrogen and oxygen atoms in total. The molecule has 1 aliphatic heterocycles. The summed E-state index contributed by atoms with van der Waals surface area (Å²) in [7, 11) is 2.00. The predicted molar refractivity (Wildman–Crippen MR) is 187 cm³/mol. The van der Waals surface area contributed by atoms with Gasteiger partial charge < -0.3 is 35.6 Å². The minimum atomic E-state index is -0.733. The number of aliphatic hydroxyl groups excluding tert-OH is 4. The molecule has 6 N–H and O–H groups in total. The summed E-state index contributed by atoms with van der Waals surface area (Å²) >= 11 is 0. The number of amides is 1. The summed E-state index contributed by atoms with van der Waals surface area (Å²) in [6, 6.07) is 0. The molecule has 9 heteroatoms. The summed E-state index contributed by atoms with van der Waals surface area (Å²) in [6.07, 6.45) is 14.8. The first-order valence-corrected chi connectivity index (χ1v) is 17.9. The first-order chi connectivity index (χ1) is 21.5. The van der Waals surface area contributed by atoms with E-state index in [2.05, 4.69) is 27.7 Å². The van der Waals surface area contributed by atoms with E-state index in [1.54, 1.807) is 6.92 Å². The van der Waals surface area contributed by atoms with Crippen molar-refractivity contribution in [3.05, 3.63) is 0 Å². The summed E-state index contributed by atoms with van der Waals surface area (Å²) < 4.78 is 10.1. The van der Waals surface area contributed by atoms with Gasteiger partial charge in [-0.2, -0.15) is 0 Å². The van der Waals surface area contributed by atoms with Crippen LogP contribution in [0, 0.1) is 29.6 Å². The Morgan fingerprint density at radius 1 is 0.889 bits per heavy atom. The highest BCUT2D eigenvalue weighted by Gasteiger charge is 2.33. The van der Waals surface area contributed by atoms with Crippen LogP contribution in [0.1, 0.15) is 152 Å². The smallest absolute Gasteiger partial charge is 0.404 e. The van der Waals surface area contributed by atoms with E-state index in [-0.39, 0.29) is 35.7 Å². The highest BCUT2D eigenvalue weighted by Crippen LogP contribution is 2.29. The topological polar surface area (TPSA) is 160 Å². The third-order valence-electron chi connectivity index (χ3n) is 8.52. The molecular formula is C36H77NO8. The number of nitrogens with two attached hydrogens (primary N) is 1. The molecule has 0 bridgehead atoms. The fraction of sp³-hybridized carbons (Fsp3) is 0.944. The Labute approximate surface area is 278 Å². The van der Waals surface area contributed by atoms with Crippen LogP contribution in [0.4, 0.5) is 4.79 Å². The molecule has 8 unspecified atom stereocenters. The number of hydrogen-bond donors (Lipinski definition) is 5. The average molecular weight is 652 g/mol. The second-order valence-electron chi connectivity index (χ2n) is 12.1. The lowest BCUT2D eigenvalue weighted by molar-refractivity contribution is -0.164. The standard InChI is InChI=1S/C25H51NO3.C7H12O3.C2H6.2CH4O/c1-6-9-11-12-13-14-16-17-22(8-3)19-20(4)24(27)21(5)23(29-25(26)28)18-15-10-7-2;1-4-3-10-7(9)5(2)6(4)8;3*1-2/h20-24,27H,6-19H2,1-5H3,(H2,26,28);4-6,8H,3H2,1-2H3;1-2H3;2*2H,1H3. The fourth-order valence-electron chi connectivity index (χ4n) is 5.53. The molecule has 0 aromatic carbocycles. The van der Waals surface area contributed by atoms with Crippen LogP contribution in [-0.4, -0.2) is 71.6 Å². The van der Waals surface area contributed by atoms with Crippen molar-refractivity contribution >= 4 is 12.1 Å². The number of aliphatic hydroxyl groups is 4. The summed E-state index contributed by atoms with van der Waals surface area (Å²) in [6.45, 7) is 18.7. The molecular weight excluding hydrogens is 574 g/mol. The first kappa shape index (κ1) is 50.4. The average Bonchev–Trinajstić information content (AvgIpc) is 3.06. The zero-order valence-corrected chi connectivity index (χ0v) is 31.2. The van der Waals surface area contributed by atoms with Crippen LogP contribution in [0.15, 0.2) is 0 Å². The quantitative estimate of drug-likeness (QED) is 0.0704. The van der Waals surface area contributed by atoms with Gasteiger partial charge in [0.1, 0.15) is 6.10 Å². The highest BCUT2D eigenvalue weighted by molar-refractivity contribution is 5.73. The van der Waals surface area contributed by atoms with E-state index < -0.39 is 18.3 Å². The Bertz CT molecular complexity index is 636. The van der Waals surface area contributed by atoms with Gasteiger partial charge in [-0.15, -0.1) is 0 Å². The predicted octanol–water partition coefficient (Wildman–Crippen LogP) is 7.64. The largest absolute Gasteiger partial charge is 0.465 e. The maximum atomic E-state index is 11.3. The third kappa shape index (κ3) is 26.4. The number of hydrogen-bond acceptors (Lipinski definition) is 8. The third-order valence-corrected chi connectivity index (χ3v) is 8.52. The number of carbonyl (C=O) groups excluding carboxylic acids is 2. The molecule has 1 rings (SSSR count). The summed E-state index contributed by atoms with van der Waals surface area (Å²) in [5.74, 6) is 0.204. The molecule has 1 heterocycles. The Morgan fingerprint density at radius 2 is 1.36 bits per heavy atom. The number of primary amides is 1. The molecule has 0 saturated carbocycles. The van der Waals surface area contributed by atoms with Gasteiger partial charge in [-0.25, -0.2) is 4.79 Å². The van der Waals surface area contributed by atoms with Crippen LogP contribution >= 0.6 is 0 Å². The molecule has 274 valence electrons. The normalized spacial score (nSPS) is 20.3. The van der Waals surface area contributed by atoms with Crippen LogP contribution in [-0.2, 0) is 14.3 Å². The molecule has 8 atom stereocenters. The minimum Gasteiger partial charge on any atom is -0.465 e. The van der Waals surface area contributed by atoms with E-state index in [4.69, 9.17) is 25.4 Å². The second-order valence-corrected chi connectivity index (χ2v) is 12.1. The van der Waals surface area contributed by atoms with Gasteiger partial charge in [0.2, 0.25) is 0 Å². The Kier molecular flexibility index (Phi) is 39.7. The molecule has 0 radical (unpaired) electrons. The van der Waals surface area contributed by atoms with Gasteiger partial charge in [0.15, 0.2) is 0 Å². The monoisotopic (exact) mass is 652 g/mol. The van der Waals surface area contributed by atoms with E-state index in [0.717, 1.165) is 46.3 Å². The van der Waals surface area contributed by atoms with Crippen molar-refractivity contribution in [3.63, 3.8) is 0 Å². The lowest BCUT2D eigenvalue weighted by atomic mass is 9.81.